The molecule has 0 aliphatic rings. The number of nitrogens with one attached hydrogen (secondary N) is 1. The Labute approximate surface area is 111 Å². The molecule has 1 aromatic heterocycles. The number of hydrogen-bond donors (Lipinski definition) is 3. The van der Waals surface area contributed by atoms with Crippen molar-refractivity contribution in [2.24, 2.45) is 0 Å². The Morgan fingerprint density at radius 3 is 2.47 bits per heavy atom. The van der Waals surface area contributed by atoms with Crippen molar-refractivity contribution in [3.8, 4) is 0 Å². The van der Waals surface area contributed by atoms with Gasteiger partial charge in [-0.3, -0.25) is 0 Å². The Morgan fingerprint density at radius 2 is 1.89 bits per heavy atom. The van der Waals surface area contributed by atoms with Crippen LogP contribution in [0, 0.1) is 13.8 Å². The van der Waals surface area contributed by atoms with Gasteiger partial charge in [0.15, 0.2) is 5.82 Å². The molecule has 0 radical (unpaired) electrons. The molecule has 0 aliphatic heterocycles. The molecular formula is C14H15N3O2. The number of nitrogen functional groups attached to an aromatic ring is 1. The second-order valence-corrected chi connectivity index (χ2v) is 4.43. The molecule has 0 saturated carbocycles. The number of aromatic carboxylic acids is 1. The first-order chi connectivity index (χ1) is 8.97. The predicted octanol–water partition coefficient (Wildman–Crippen LogP) is 2.72. The number of anilines is 3. The summed E-state index contributed by atoms with van der Waals surface area (Å²) in [5, 5.41) is 12.1. The van der Waals surface area contributed by atoms with Crippen LogP contribution in [0.1, 0.15) is 21.5 Å². The van der Waals surface area contributed by atoms with Crippen LogP contribution in [0.25, 0.3) is 0 Å². The molecule has 0 atom stereocenters. The average molecular weight is 257 g/mol. The van der Waals surface area contributed by atoms with Gasteiger partial charge in [-0.05, 0) is 43.2 Å². The minimum absolute atomic E-state index is 0.0434. The monoisotopic (exact) mass is 257 g/mol. The van der Waals surface area contributed by atoms with Gasteiger partial charge >= 0.3 is 5.97 Å². The van der Waals surface area contributed by atoms with Gasteiger partial charge in [0.25, 0.3) is 0 Å². The van der Waals surface area contributed by atoms with Crippen molar-refractivity contribution >= 4 is 23.2 Å². The van der Waals surface area contributed by atoms with Crippen molar-refractivity contribution in [3.63, 3.8) is 0 Å². The third kappa shape index (κ3) is 2.82. The summed E-state index contributed by atoms with van der Waals surface area (Å²) in [6.07, 6.45) is 1.42. The fourth-order valence-electron chi connectivity index (χ4n) is 1.94. The van der Waals surface area contributed by atoms with E-state index in [4.69, 9.17) is 10.8 Å². The van der Waals surface area contributed by atoms with E-state index in [0.29, 0.717) is 5.82 Å². The SMILES string of the molecule is Cc1cc(C)cc(Nc2nccc(C(=O)O)c2N)c1. The Hall–Kier alpha value is -2.56. The van der Waals surface area contributed by atoms with Crippen LogP contribution in [0.5, 0.6) is 0 Å². The van der Waals surface area contributed by atoms with Gasteiger partial charge in [-0.1, -0.05) is 6.07 Å². The van der Waals surface area contributed by atoms with Crippen LogP contribution >= 0.6 is 0 Å². The van der Waals surface area contributed by atoms with Crippen LogP contribution in [-0.2, 0) is 0 Å². The van der Waals surface area contributed by atoms with Crippen LogP contribution < -0.4 is 11.1 Å². The summed E-state index contributed by atoms with van der Waals surface area (Å²) in [6.45, 7) is 3.98. The minimum atomic E-state index is -1.07. The highest BCUT2D eigenvalue weighted by Gasteiger charge is 2.12. The van der Waals surface area contributed by atoms with Gasteiger partial charge in [0.2, 0.25) is 0 Å². The average Bonchev–Trinajstić information content (AvgIpc) is 2.30. The molecule has 0 amide bonds. The van der Waals surface area contributed by atoms with Crippen molar-refractivity contribution < 1.29 is 9.90 Å². The Balaban J connectivity index is 2.38. The van der Waals surface area contributed by atoms with Gasteiger partial charge in [0.1, 0.15) is 0 Å². The zero-order valence-corrected chi connectivity index (χ0v) is 10.8. The maximum absolute atomic E-state index is 11.0. The lowest BCUT2D eigenvalue weighted by Gasteiger charge is -2.11. The van der Waals surface area contributed by atoms with Gasteiger partial charge in [-0.15, -0.1) is 0 Å². The third-order valence-corrected chi connectivity index (χ3v) is 2.70. The fraction of sp³-hybridized carbons (Fsp3) is 0.143. The van der Waals surface area contributed by atoms with E-state index < -0.39 is 5.97 Å². The van der Waals surface area contributed by atoms with Crippen LogP contribution in [0.2, 0.25) is 0 Å². The predicted molar refractivity (Wildman–Crippen MR) is 74.8 cm³/mol. The van der Waals surface area contributed by atoms with Crippen LogP contribution in [0.4, 0.5) is 17.2 Å². The molecule has 2 aromatic rings. The third-order valence-electron chi connectivity index (χ3n) is 2.70. The number of aromatic nitrogens is 1. The smallest absolute Gasteiger partial charge is 0.337 e. The lowest BCUT2D eigenvalue weighted by Crippen LogP contribution is -2.07. The number of nitrogens with zero attached hydrogens (tertiary/aromatic N) is 1. The summed E-state index contributed by atoms with van der Waals surface area (Å²) in [6, 6.07) is 7.32. The first kappa shape index (κ1) is 12.9. The maximum atomic E-state index is 11.0. The van der Waals surface area contributed by atoms with Crippen LogP contribution in [-0.4, -0.2) is 16.1 Å². The molecule has 0 aliphatic carbocycles. The van der Waals surface area contributed by atoms with E-state index in [1.165, 1.54) is 12.3 Å². The summed E-state index contributed by atoms with van der Waals surface area (Å²) < 4.78 is 0. The van der Waals surface area contributed by atoms with Gasteiger partial charge < -0.3 is 16.2 Å². The van der Waals surface area contributed by atoms with E-state index in [-0.39, 0.29) is 11.3 Å². The number of benzene rings is 1. The highest BCUT2D eigenvalue weighted by Crippen LogP contribution is 2.25. The van der Waals surface area contributed by atoms with Crippen molar-refractivity contribution in [1.82, 2.24) is 4.98 Å². The van der Waals surface area contributed by atoms with Gasteiger partial charge in [-0.2, -0.15) is 0 Å². The lowest BCUT2D eigenvalue weighted by molar-refractivity contribution is 0.0698. The molecule has 4 N–H and O–H groups in total. The quantitative estimate of drug-likeness (QED) is 0.786. The number of carbonyl (C=O) groups is 1. The molecule has 0 unspecified atom stereocenters. The van der Waals surface area contributed by atoms with E-state index in [0.717, 1.165) is 16.8 Å². The number of carboxylic acid groups (broad SMARTS) is 1. The van der Waals surface area contributed by atoms with Gasteiger partial charge in [-0.25, -0.2) is 9.78 Å². The fourth-order valence-corrected chi connectivity index (χ4v) is 1.94. The highest BCUT2D eigenvalue weighted by molar-refractivity contribution is 5.96. The first-order valence-corrected chi connectivity index (χ1v) is 5.80. The van der Waals surface area contributed by atoms with E-state index in [9.17, 15) is 4.79 Å². The molecule has 0 saturated heterocycles. The second-order valence-electron chi connectivity index (χ2n) is 4.43. The highest BCUT2D eigenvalue weighted by atomic mass is 16.4. The molecule has 2 rings (SSSR count). The number of rotatable bonds is 3. The zero-order chi connectivity index (χ0) is 14.0. The molecular weight excluding hydrogens is 242 g/mol. The number of aryl methyl sites for hydroxylation is 2. The van der Waals surface area contributed by atoms with E-state index in [1.807, 2.05) is 26.0 Å². The van der Waals surface area contributed by atoms with Crippen molar-refractivity contribution in [1.29, 1.82) is 0 Å². The van der Waals surface area contributed by atoms with E-state index in [2.05, 4.69) is 16.4 Å². The molecule has 19 heavy (non-hydrogen) atoms. The Kier molecular flexibility index (Phi) is 3.37. The zero-order valence-electron chi connectivity index (χ0n) is 10.8. The summed E-state index contributed by atoms with van der Waals surface area (Å²) in [7, 11) is 0. The number of pyridine rings is 1. The molecule has 1 aromatic carbocycles. The molecule has 0 spiro atoms. The topological polar surface area (TPSA) is 88.2 Å². The Morgan fingerprint density at radius 1 is 1.26 bits per heavy atom. The standard InChI is InChI=1S/C14H15N3O2/c1-8-5-9(2)7-10(6-8)17-13-12(15)11(14(18)19)3-4-16-13/h3-7H,15H2,1-2H3,(H,16,17)(H,18,19). The first-order valence-electron chi connectivity index (χ1n) is 5.80. The molecule has 0 fully saturated rings. The lowest BCUT2D eigenvalue weighted by atomic mass is 10.1. The molecule has 1 heterocycles. The van der Waals surface area contributed by atoms with Crippen molar-refractivity contribution in [2.45, 2.75) is 13.8 Å². The van der Waals surface area contributed by atoms with Crippen molar-refractivity contribution in [3.05, 3.63) is 47.2 Å². The Bertz CT molecular complexity index is 618. The maximum Gasteiger partial charge on any atom is 0.337 e. The summed E-state index contributed by atoms with van der Waals surface area (Å²) >= 11 is 0. The molecule has 0 bridgehead atoms. The number of hydrogen-bond acceptors (Lipinski definition) is 4. The molecule has 98 valence electrons. The van der Waals surface area contributed by atoms with E-state index >= 15 is 0 Å². The summed E-state index contributed by atoms with van der Waals surface area (Å²) in [5.41, 5.74) is 9.03. The van der Waals surface area contributed by atoms with Crippen LogP contribution in [0.15, 0.2) is 30.5 Å². The molecule has 5 heteroatoms. The minimum Gasteiger partial charge on any atom is -0.478 e. The normalized spacial score (nSPS) is 10.2. The van der Waals surface area contributed by atoms with E-state index in [1.54, 1.807) is 0 Å². The van der Waals surface area contributed by atoms with Crippen molar-refractivity contribution in [2.75, 3.05) is 11.1 Å². The number of nitrogens with two attached hydrogens (primary N) is 1. The second kappa shape index (κ2) is 4.97. The summed E-state index contributed by atoms with van der Waals surface area (Å²) in [5.74, 6) is -0.715. The summed E-state index contributed by atoms with van der Waals surface area (Å²) in [4.78, 5) is 15.1. The largest absolute Gasteiger partial charge is 0.478 e. The van der Waals surface area contributed by atoms with Gasteiger partial charge in [0.05, 0.1) is 11.3 Å². The molecule has 5 nitrogen and oxygen atoms in total. The van der Waals surface area contributed by atoms with Crippen LogP contribution in [0.3, 0.4) is 0 Å². The number of carboxylic acids is 1. The van der Waals surface area contributed by atoms with Gasteiger partial charge in [0, 0.05) is 11.9 Å².